The van der Waals surface area contributed by atoms with E-state index in [1.54, 1.807) is 0 Å². The number of hydrogen-bond donors (Lipinski definition) is 2. The molecule has 1 fully saturated rings. The van der Waals surface area contributed by atoms with Crippen molar-refractivity contribution in [1.82, 2.24) is 10.2 Å². The van der Waals surface area contributed by atoms with Crippen LogP contribution in [0, 0.1) is 0 Å². The van der Waals surface area contributed by atoms with Gasteiger partial charge in [-0.15, -0.1) is 0 Å². The number of hydrogen-bond acceptors (Lipinski definition) is 3. The lowest BCUT2D eigenvalue weighted by Gasteiger charge is -2.26. The van der Waals surface area contributed by atoms with Crippen molar-refractivity contribution in [3.63, 3.8) is 0 Å². The Bertz CT molecular complexity index is 606. The predicted molar refractivity (Wildman–Crippen MR) is 78.1 cm³/mol. The van der Waals surface area contributed by atoms with Gasteiger partial charge in [0.25, 0.3) is 5.91 Å². The molecule has 1 saturated heterocycles. The Morgan fingerprint density at radius 1 is 1.29 bits per heavy atom. The summed E-state index contributed by atoms with van der Waals surface area (Å²) in [5, 5.41) is 3.16. The Labute approximate surface area is 131 Å². The molecular formula is C13H13Cl2N3O3. The third kappa shape index (κ3) is 3.46. The summed E-state index contributed by atoms with van der Waals surface area (Å²) in [5.74, 6) is -1.46. The zero-order valence-electron chi connectivity index (χ0n) is 10.9. The van der Waals surface area contributed by atoms with Crippen molar-refractivity contribution in [1.29, 1.82) is 0 Å². The van der Waals surface area contributed by atoms with Crippen LogP contribution < -0.4 is 11.1 Å². The highest BCUT2D eigenvalue weighted by atomic mass is 35.5. The summed E-state index contributed by atoms with van der Waals surface area (Å²) in [4.78, 5) is 36.8. The smallest absolute Gasteiger partial charge is 0.254 e. The highest BCUT2D eigenvalue weighted by Gasteiger charge is 2.33. The van der Waals surface area contributed by atoms with Gasteiger partial charge in [0, 0.05) is 18.7 Å². The van der Waals surface area contributed by atoms with E-state index in [1.165, 1.54) is 23.1 Å². The summed E-state index contributed by atoms with van der Waals surface area (Å²) in [6.45, 7) is 0.452. The first kappa shape index (κ1) is 15.6. The van der Waals surface area contributed by atoms with Crippen LogP contribution >= 0.6 is 23.2 Å². The normalized spacial score (nSPS) is 18.9. The van der Waals surface area contributed by atoms with Gasteiger partial charge in [0.1, 0.15) is 6.04 Å². The number of amides is 3. The maximum atomic E-state index is 12.5. The van der Waals surface area contributed by atoms with E-state index >= 15 is 0 Å². The lowest BCUT2D eigenvalue weighted by molar-refractivity contribution is -0.127. The zero-order chi connectivity index (χ0) is 15.6. The van der Waals surface area contributed by atoms with Gasteiger partial charge in [0.15, 0.2) is 0 Å². The molecule has 1 aliphatic rings. The standard InChI is InChI=1S/C13H13Cl2N3O3/c14-8-2-1-7(5-9(8)15)13(21)18-4-3-17-11(19)6-10(18)12(16)20/h1-2,5,10H,3-4,6H2,(H2,16,20)(H,17,19). The molecule has 2 rings (SSSR count). The number of primary amides is 1. The molecule has 6 nitrogen and oxygen atoms in total. The Morgan fingerprint density at radius 2 is 2.00 bits per heavy atom. The molecule has 0 bridgehead atoms. The molecule has 1 aliphatic heterocycles. The Kier molecular flexibility index (Phi) is 4.69. The van der Waals surface area contributed by atoms with Crippen LogP contribution in [0.3, 0.4) is 0 Å². The van der Waals surface area contributed by atoms with Crippen molar-refractivity contribution < 1.29 is 14.4 Å². The third-order valence-corrected chi connectivity index (χ3v) is 3.92. The maximum Gasteiger partial charge on any atom is 0.254 e. The van der Waals surface area contributed by atoms with Crippen molar-refractivity contribution >= 4 is 40.9 Å². The summed E-state index contributed by atoms with van der Waals surface area (Å²) in [5.41, 5.74) is 5.58. The topological polar surface area (TPSA) is 92.5 Å². The number of benzene rings is 1. The van der Waals surface area contributed by atoms with Crippen LogP contribution in [0.5, 0.6) is 0 Å². The fourth-order valence-corrected chi connectivity index (χ4v) is 2.42. The van der Waals surface area contributed by atoms with E-state index < -0.39 is 17.9 Å². The van der Waals surface area contributed by atoms with Crippen LogP contribution in [0.15, 0.2) is 18.2 Å². The van der Waals surface area contributed by atoms with Gasteiger partial charge in [0.2, 0.25) is 11.8 Å². The summed E-state index contributed by atoms with van der Waals surface area (Å²) >= 11 is 11.7. The summed E-state index contributed by atoms with van der Waals surface area (Å²) < 4.78 is 0. The molecule has 0 spiro atoms. The van der Waals surface area contributed by atoms with Gasteiger partial charge >= 0.3 is 0 Å². The van der Waals surface area contributed by atoms with Crippen molar-refractivity contribution in [3.8, 4) is 0 Å². The molecule has 0 aromatic heterocycles. The highest BCUT2D eigenvalue weighted by Crippen LogP contribution is 2.24. The number of rotatable bonds is 2. The minimum Gasteiger partial charge on any atom is -0.368 e. The molecule has 1 aromatic rings. The van der Waals surface area contributed by atoms with Crippen LogP contribution in [-0.4, -0.2) is 41.8 Å². The van der Waals surface area contributed by atoms with E-state index in [1.807, 2.05) is 0 Å². The van der Waals surface area contributed by atoms with E-state index in [0.717, 1.165) is 0 Å². The van der Waals surface area contributed by atoms with E-state index in [-0.39, 0.29) is 36.0 Å². The average molecular weight is 330 g/mol. The first-order valence-corrected chi connectivity index (χ1v) is 6.98. The van der Waals surface area contributed by atoms with E-state index in [2.05, 4.69) is 5.32 Å². The Hall–Kier alpha value is -1.79. The molecular weight excluding hydrogens is 317 g/mol. The van der Waals surface area contributed by atoms with Crippen molar-refractivity contribution in [3.05, 3.63) is 33.8 Å². The quantitative estimate of drug-likeness (QED) is 0.840. The number of nitrogens with one attached hydrogen (secondary N) is 1. The first-order chi connectivity index (χ1) is 9.90. The molecule has 0 saturated carbocycles. The Balaban J connectivity index is 2.31. The summed E-state index contributed by atoms with van der Waals surface area (Å²) in [6.07, 6.45) is -0.150. The van der Waals surface area contributed by atoms with E-state index in [4.69, 9.17) is 28.9 Å². The molecule has 0 aliphatic carbocycles. The van der Waals surface area contributed by atoms with Gasteiger partial charge in [-0.25, -0.2) is 0 Å². The van der Waals surface area contributed by atoms with Gasteiger partial charge in [-0.3, -0.25) is 14.4 Å². The molecule has 1 unspecified atom stereocenters. The molecule has 1 heterocycles. The van der Waals surface area contributed by atoms with E-state index in [9.17, 15) is 14.4 Å². The second-order valence-electron chi connectivity index (χ2n) is 4.60. The van der Waals surface area contributed by atoms with Gasteiger partial charge in [-0.1, -0.05) is 23.2 Å². The van der Waals surface area contributed by atoms with Crippen LogP contribution in [0.2, 0.25) is 10.0 Å². The molecule has 8 heteroatoms. The largest absolute Gasteiger partial charge is 0.368 e. The highest BCUT2D eigenvalue weighted by molar-refractivity contribution is 6.42. The number of carbonyl (C=O) groups is 3. The number of halogens is 2. The first-order valence-electron chi connectivity index (χ1n) is 6.22. The molecule has 21 heavy (non-hydrogen) atoms. The SMILES string of the molecule is NC(=O)C1CC(=O)NCCN1C(=O)c1ccc(Cl)c(Cl)c1. The predicted octanol–water partition coefficient (Wildman–Crippen LogP) is 0.809. The van der Waals surface area contributed by atoms with Crippen LogP contribution in [-0.2, 0) is 9.59 Å². The Morgan fingerprint density at radius 3 is 2.62 bits per heavy atom. The van der Waals surface area contributed by atoms with Crippen LogP contribution in [0.4, 0.5) is 0 Å². The lowest BCUT2D eigenvalue weighted by atomic mass is 10.1. The summed E-state index contributed by atoms with van der Waals surface area (Å²) in [6, 6.07) is 3.45. The van der Waals surface area contributed by atoms with Crippen LogP contribution in [0.1, 0.15) is 16.8 Å². The molecule has 1 atom stereocenters. The molecule has 112 valence electrons. The number of nitrogens with two attached hydrogens (primary N) is 1. The fraction of sp³-hybridized carbons (Fsp3) is 0.308. The van der Waals surface area contributed by atoms with Gasteiger partial charge in [0.05, 0.1) is 16.5 Å². The third-order valence-electron chi connectivity index (χ3n) is 3.19. The second-order valence-corrected chi connectivity index (χ2v) is 5.41. The minimum atomic E-state index is -0.977. The average Bonchev–Trinajstić information content (AvgIpc) is 2.63. The van der Waals surface area contributed by atoms with E-state index in [0.29, 0.717) is 5.02 Å². The molecule has 3 N–H and O–H groups in total. The van der Waals surface area contributed by atoms with Crippen molar-refractivity contribution in [2.24, 2.45) is 5.73 Å². The lowest BCUT2D eigenvalue weighted by Crippen LogP contribution is -2.48. The minimum absolute atomic E-state index is 0.150. The molecule has 3 amide bonds. The number of nitrogens with zero attached hydrogens (tertiary/aromatic N) is 1. The second kappa shape index (κ2) is 6.32. The van der Waals surface area contributed by atoms with Crippen molar-refractivity contribution in [2.75, 3.05) is 13.1 Å². The monoisotopic (exact) mass is 329 g/mol. The molecule has 0 radical (unpaired) electrons. The summed E-state index contributed by atoms with van der Waals surface area (Å²) in [7, 11) is 0. The van der Waals surface area contributed by atoms with Gasteiger partial charge in [-0.05, 0) is 18.2 Å². The zero-order valence-corrected chi connectivity index (χ0v) is 12.4. The molecule has 1 aromatic carbocycles. The van der Waals surface area contributed by atoms with Crippen LogP contribution in [0.25, 0.3) is 0 Å². The van der Waals surface area contributed by atoms with Crippen molar-refractivity contribution in [2.45, 2.75) is 12.5 Å². The maximum absolute atomic E-state index is 12.5. The number of carbonyl (C=O) groups excluding carboxylic acids is 3. The van der Waals surface area contributed by atoms with Gasteiger partial charge in [-0.2, -0.15) is 0 Å². The van der Waals surface area contributed by atoms with Gasteiger partial charge < -0.3 is 16.0 Å². The fourth-order valence-electron chi connectivity index (χ4n) is 2.12.